The van der Waals surface area contributed by atoms with Crippen molar-refractivity contribution in [3.8, 4) is 0 Å². The van der Waals surface area contributed by atoms with E-state index < -0.39 is 22.5 Å². The van der Waals surface area contributed by atoms with Gasteiger partial charge in [0, 0.05) is 41.3 Å². The Balaban J connectivity index is 1.74. The van der Waals surface area contributed by atoms with Crippen molar-refractivity contribution in [1.82, 2.24) is 37.4 Å². The van der Waals surface area contributed by atoms with E-state index in [0.29, 0.717) is 17.6 Å². The molecular formula is C17H19ClN8O4. The predicted molar refractivity (Wildman–Crippen MR) is 110 cm³/mol. The standard InChI is InChI=1S/C17H19ClN8O4/c1-21-8-19-11-9(21)14(28)26(17(30)22(11)2)7-5-6-25-10-12(20-15(25)18)23(3)16(29)24(4)13(10)27/h8H,5-7H2,1-4H3. The quantitative estimate of drug-likeness (QED) is 0.376. The lowest BCUT2D eigenvalue weighted by Crippen LogP contribution is -2.40. The van der Waals surface area contributed by atoms with E-state index in [0.717, 1.165) is 9.13 Å². The van der Waals surface area contributed by atoms with Gasteiger partial charge in [-0.15, -0.1) is 0 Å². The second kappa shape index (κ2) is 6.83. The van der Waals surface area contributed by atoms with Crippen LogP contribution in [-0.4, -0.2) is 37.4 Å². The van der Waals surface area contributed by atoms with E-state index in [9.17, 15) is 19.2 Å². The first-order chi connectivity index (χ1) is 14.1. The van der Waals surface area contributed by atoms with Crippen LogP contribution in [0.5, 0.6) is 0 Å². The molecule has 158 valence electrons. The highest BCUT2D eigenvalue weighted by atomic mass is 35.5. The third-order valence-electron chi connectivity index (χ3n) is 5.27. The molecule has 4 aromatic heterocycles. The van der Waals surface area contributed by atoms with Crippen LogP contribution in [0.25, 0.3) is 22.3 Å². The van der Waals surface area contributed by atoms with Crippen LogP contribution >= 0.6 is 11.6 Å². The van der Waals surface area contributed by atoms with Gasteiger partial charge in [-0.25, -0.2) is 14.6 Å². The Morgan fingerprint density at radius 1 is 0.800 bits per heavy atom. The fourth-order valence-electron chi connectivity index (χ4n) is 3.60. The van der Waals surface area contributed by atoms with Crippen LogP contribution < -0.4 is 22.5 Å². The number of imidazole rings is 2. The van der Waals surface area contributed by atoms with Crippen molar-refractivity contribution in [3.05, 3.63) is 53.3 Å². The molecular weight excluding hydrogens is 416 g/mol. The topological polar surface area (TPSA) is 124 Å². The molecule has 0 aliphatic carbocycles. The Morgan fingerprint density at radius 2 is 1.43 bits per heavy atom. The number of rotatable bonds is 4. The molecule has 4 heterocycles. The van der Waals surface area contributed by atoms with Crippen molar-refractivity contribution in [1.29, 1.82) is 0 Å². The Morgan fingerprint density at radius 3 is 2.13 bits per heavy atom. The van der Waals surface area contributed by atoms with Crippen LogP contribution in [-0.2, 0) is 41.3 Å². The van der Waals surface area contributed by atoms with Crippen LogP contribution in [0.4, 0.5) is 0 Å². The van der Waals surface area contributed by atoms with Crippen LogP contribution in [0.1, 0.15) is 6.42 Å². The largest absolute Gasteiger partial charge is 0.332 e. The van der Waals surface area contributed by atoms with E-state index in [4.69, 9.17) is 11.6 Å². The number of fused-ring (bicyclic) bond motifs is 2. The van der Waals surface area contributed by atoms with Crippen molar-refractivity contribution in [2.45, 2.75) is 19.5 Å². The average Bonchev–Trinajstić information content (AvgIpc) is 3.26. The van der Waals surface area contributed by atoms with Gasteiger partial charge in [0.25, 0.3) is 11.1 Å². The number of hydrogen-bond donors (Lipinski definition) is 0. The molecule has 13 heteroatoms. The molecule has 0 atom stereocenters. The normalized spacial score (nSPS) is 11.8. The maximum absolute atomic E-state index is 12.8. The summed E-state index contributed by atoms with van der Waals surface area (Å²) in [6.07, 6.45) is 1.81. The molecule has 0 radical (unpaired) electrons. The van der Waals surface area contributed by atoms with Gasteiger partial charge in [-0.05, 0) is 18.0 Å². The van der Waals surface area contributed by atoms with Gasteiger partial charge in [0.2, 0.25) is 5.28 Å². The van der Waals surface area contributed by atoms with E-state index in [2.05, 4.69) is 9.97 Å². The summed E-state index contributed by atoms with van der Waals surface area (Å²) in [6, 6.07) is 0. The summed E-state index contributed by atoms with van der Waals surface area (Å²) >= 11 is 6.21. The Kier molecular flexibility index (Phi) is 4.53. The molecule has 0 amide bonds. The molecule has 0 fully saturated rings. The molecule has 0 spiro atoms. The predicted octanol–water partition coefficient (Wildman–Crippen LogP) is -1.08. The van der Waals surface area contributed by atoms with Gasteiger partial charge in [0.05, 0.1) is 6.33 Å². The Labute approximate surface area is 172 Å². The van der Waals surface area contributed by atoms with Crippen molar-refractivity contribution >= 4 is 33.9 Å². The van der Waals surface area contributed by atoms with Gasteiger partial charge < -0.3 is 9.13 Å². The maximum atomic E-state index is 12.8. The minimum absolute atomic E-state index is 0.0469. The fraction of sp³-hybridized carbons (Fsp3) is 0.412. The van der Waals surface area contributed by atoms with Crippen LogP contribution in [0.15, 0.2) is 25.5 Å². The van der Waals surface area contributed by atoms with Crippen molar-refractivity contribution < 1.29 is 0 Å². The van der Waals surface area contributed by atoms with Crippen molar-refractivity contribution in [2.24, 2.45) is 28.2 Å². The minimum Gasteiger partial charge on any atom is -0.328 e. The molecule has 0 saturated heterocycles. The van der Waals surface area contributed by atoms with Crippen molar-refractivity contribution in [2.75, 3.05) is 0 Å². The molecule has 0 saturated carbocycles. The molecule has 0 unspecified atom stereocenters. The number of aryl methyl sites for hydroxylation is 4. The van der Waals surface area contributed by atoms with E-state index in [1.54, 1.807) is 18.7 Å². The van der Waals surface area contributed by atoms with Crippen LogP contribution in [0, 0.1) is 0 Å². The maximum Gasteiger partial charge on any atom is 0.332 e. The first kappa shape index (κ1) is 19.9. The highest BCUT2D eigenvalue weighted by Gasteiger charge is 2.19. The summed E-state index contributed by atoms with van der Waals surface area (Å²) in [7, 11) is 6.12. The first-order valence-corrected chi connectivity index (χ1v) is 9.45. The smallest absolute Gasteiger partial charge is 0.328 e. The van der Waals surface area contributed by atoms with Gasteiger partial charge in [-0.1, -0.05) is 0 Å². The Bertz CT molecular complexity index is 1560. The van der Waals surface area contributed by atoms with E-state index >= 15 is 0 Å². The monoisotopic (exact) mass is 434 g/mol. The molecule has 0 bridgehead atoms. The van der Waals surface area contributed by atoms with E-state index in [-0.39, 0.29) is 29.5 Å². The summed E-state index contributed by atoms with van der Waals surface area (Å²) in [5.74, 6) is 0. The van der Waals surface area contributed by atoms with E-state index in [1.807, 2.05) is 0 Å². The summed E-state index contributed by atoms with van der Waals surface area (Å²) in [6.45, 7) is 0.330. The number of aromatic nitrogens is 8. The SMILES string of the molecule is Cn1c(=O)c2c(nc(Cl)n2CCCn2c(=O)c3c(ncn3C)n(C)c2=O)n(C)c1=O. The summed E-state index contributed by atoms with van der Waals surface area (Å²) < 4.78 is 7.73. The number of nitrogens with zero attached hydrogens (tertiary/aromatic N) is 8. The zero-order chi connectivity index (χ0) is 21.9. The molecule has 0 N–H and O–H groups in total. The minimum atomic E-state index is -0.517. The molecule has 0 aliphatic rings. The molecule has 30 heavy (non-hydrogen) atoms. The third-order valence-corrected chi connectivity index (χ3v) is 5.55. The molecule has 0 aromatic carbocycles. The highest BCUT2D eigenvalue weighted by Crippen LogP contribution is 2.16. The fourth-order valence-corrected chi connectivity index (χ4v) is 3.85. The van der Waals surface area contributed by atoms with Gasteiger partial charge in [0.1, 0.15) is 0 Å². The van der Waals surface area contributed by atoms with Crippen LogP contribution in [0.3, 0.4) is 0 Å². The van der Waals surface area contributed by atoms with Gasteiger partial charge in [-0.2, -0.15) is 4.98 Å². The molecule has 4 rings (SSSR count). The summed E-state index contributed by atoms with van der Waals surface area (Å²) in [5.41, 5.74) is -0.933. The van der Waals surface area contributed by atoms with Crippen LogP contribution in [0.2, 0.25) is 5.28 Å². The van der Waals surface area contributed by atoms with Crippen molar-refractivity contribution in [3.63, 3.8) is 0 Å². The van der Waals surface area contributed by atoms with Gasteiger partial charge in [-0.3, -0.25) is 27.9 Å². The molecule has 0 aliphatic heterocycles. The first-order valence-electron chi connectivity index (χ1n) is 9.07. The molecule has 12 nitrogen and oxygen atoms in total. The number of hydrogen-bond acceptors (Lipinski definition) is 6. The average molecular weight is 435 g/mol. The second-order valence-electron chi connectivity index (χ2n) is 7.09. The van der Waals surface area contributed by atoms with Gasteiger partial charge in [0.15, 0.2) is 22.3 Å². The lowest BCUT2D eigenvalue weighted by atomic mass is 10.4. The van der Waals surface area contributed by atoms with Gasteiger partial charge >= 0.3 is 11.4 Å². The highest BCUT2D eigenvalue weighted by molar-refractivity contribution is 6.29. The lowest BCUT2D eigenvalue weighted by Gasteiger charge is -2.10. The third kappa shape index (κ3) is 2.67. The summed E-state index contributed by atoms with van der Waals surface area (Å²) in [5, 5.41) is 0.0469. The lowest BCUT2D eigenvalue weighted by molar-refractivity contribution is 0.529. The zero-order valence-electron chi connectivity index (χ0n) is 16.8. The second-order valence-corrected chi connectivity index (χ2v) is 7.43. The molecule has 4 aromatic rings. The van der Waals surface area contributed by atoms with E-state index in [1.165, 1.54) is 34.1 Å². The zero-order valence-corrected chi connectivity index (χ0v) is 17.5. The number of halogens is 1. The Hall–Kier alpha value is -3.41. The summed E-state index contributed by atoms with van der Waals surface area (Å²) in [4.78, 5) is 58.3.